The van der Waals surface area contributed by atoms with Crippen LogP contribution < -0.4 is 0 Å². The van der Waals surface area contributed by atoms with Gasteiger partial charge in [0.2, 0.25) is 0 Å². The molecule has 3 fully saturated rings. The van der Waals surface area contributed by atoms with Crippen LogP contribution in [0, 0.1) is 5.92 Å². The normalized spacial score (nSPS) is 30.1. The van der Waals surface area contributed by atoms with Crippen molar-refractivity contribution in [3.05, 3.63) is 35.7 Å². The van der Waals surface area contributed by atoms with Crippen LogP contribution in [-0.2, 0) is 0 Å². The first-order valence-electron chi connectivity index (χ1n) is 7.55. The largest absolute Gasteiger partial charge is 0.463 e. The standard InChI is InChI=1S/C17H20N2O/c1-12(16-9-13-2-5-19(16)6-3-13)8-14-10-17-15(18-11-14)4-7-20-17/h4,7-8,10-11,13,16H,2-3,5-6,9H2,1H3. The van der Waals surface area contributed by atoms with E-state index in [1.807, 2.05) is 12.3 Å². The third-order valence-corrected chi connectivity index (χ3v) is 4.89. The van der Waals surface area contributed by atoms with E-state index in [-0.39, 0.29) is 0 Å². The van der Waals surface area contributed by atoms with Crippen molar-refractivity contribution < 1.29 is 4.42 Å². The lowest BCUT2D eigenvalue weighted by Gasteiger charge is -2.46. The average Bonchev–Trinajstić information content (AvgIpc) is 2.96. The molecule has 3 nitrogen and oxygen atoms in total. The summed E-state index contributed by atoms with van der Waals surface area (Å²) in [6, 6.07) is 4.62. The minimum Gasteiger partial charge on any atom is -0.463 e. The Labute approximate surface area is 119 Å². The van der Waals surface area contributed by atoms with E-state index in [9.17, 15) is 0 Å². The maximum atomic E-state index is 5.43. The highest BCUT2D eigenvalue weighted by Crippen LogP contribution is 2.35. The summed E-state index contributed by atoms with van der Waals surface area (Å²) in [4.78, 5) is 7.08. The molecule has 0 radical (unpaired) electrons. The monoisotopic (exact) mass is 268 g/mol. The molecule has 0 spiro atoms. The van der Waals surface area contributed by atoms with Crippen molar-refractivity contribution in [3.8, 4) is 0 Å². The number of hydrogen-bond donors (Lipinski definition) is 0. The molecule has 5 rings (SSSR count). The van der Waals surface area contributed by atoms with Crippen LogP contribution in [0.4, 0.5) is 0 Å². The molecule has 3 heteroatoms. The van der Waals surface area contributed by atoms with E-state index in [0.29, 0.717) is 6.04 Å². The lowest BCUT2D eigenvalue weighted by molar-refractivity contribution is 0.0684. The molecule has 3 saturated heterocycles. The summed E-state index contributed by atoms with van der Waals surface area (Å²) in [5.41, 5.74) is 4.41. The second-order valence-corrected chi connectivity index (χ2v) is 6.19. The second-order valence-electron chi connectivity index (χ2n) is 6.19. The predicted octanol–water partition coefficient (Wildman–Crippen LogP) is 3.72. The maximum Gasteiger partial charge on any atom is 0.152 e. The van der Waals surface area contributed by atoms with E-state index in [1.54, 1.807) is 6.26 Å². The fraction of sp³-hybridized carbons (Fsp3) is 0.471. The van der Waals surface area contributed by atoms with E-state index >= 15 is 0 Å². The Morgan fingerprint density at radius 3 is 3.00 bits per heavy atom. The van der Waals surface area contributed by atoms with Crippen LogP contribution in [0.15, 0.2) is 34.6 Å². The van der Waals surface area contributed by atoms with Crippen LogP contribution in [0.25, 0.3) is 17.2 Å². The highest BCUT2D eigenvalue weighted by atomic mass is 16.3. The van der Waals surface area contributed by atoms with Gasteiger partial charge in [0.25, 0.3) is 0 Å². The lowest BCUT2D eigenvalue weighted by atomic mass is 9.80. The SMILES string of the molecule is CC(=Cc1cnc2ccoc2c1)C1CC2CCN1CC2. The summed E-state index contributed by atoms with van der Waals surface area (Å²) in [7, 11) is 0. The quantitative estimate of drug-likeness (QED) is 0.831. The number of pyridine rings is 1. The summed E-state index contributed by atoms with van der Waals surface area (Å²) in [6.45, 7) is 4.81. The van der Waals surface area contributed by atoms with Crippen molar-refractivity contribution in [2.24, 2.45) is 5.92 Å². The van der Waals surface area contributed by atoms with E-state index in [2.05, 4.69) is 29.0 Å². The first kappa shape index (κ1) is 12.2. The van der Waals surface area contributed by atoms with Gasteiger partial charge in [0.05, 0.1) is 6.26 Å². The van der Waals surface area contributed by atoms with Crippen LogP contribution in [0.1, 0.15) is 31.7 Å². The Morgan fingerprint density at radius 1 is 1.40 bits per heavy atom. The predicted molar refractivity (Wildman–Crippen MR) is 80.4 cm³/mol. The third kappa shape index (κ3) is 2.06. The number of nitrogens with zero attached hydrogens (tertiary/aromatic N) is 2. The molecule has 104 valence electrons. The highest BCUT2D eigenvalue weighted by Gasteiger charge is 2.33. The van der Waals surface area contributed by atoms with Gasteiger partial charge >= 0.3 is 0 Å². The topological polar surface area (TPSA) is 29.3 Å². The molecule has 2 aromatic heterocycles. The molecule has 0 amide bonds. The van der Waals surface area contributed by atoms with Crippen LogP contribution in [-0.4, -0.2) is 29.0 Å². The van der Waals surface area contributed by atoms with Gasteiger partial charge in [0, 0.05) is 18.3 Å². The van der Waals surface area contributed by atoms with Crippen molar-refractivity contribution in [1.29, 1.82) is 0 Å². The third-order valence-electron chi connectivity index (χ3n) is 4.89. The maximum absolute atomic E-state index is 5.43. The van der Waals surface area contributed by atoms with Crippen LogP contribution in [0.3, 0.4) is 0 Å². The van der Waals surface area contributed by atoms with Crippen LogP contribution in [0.5, 0.6) is 0 Å². The molecule has 0 saturated carbocycles. The zero-order valence-corrected chi connectivity index (χ0v) is 11.9. The van der Waals surface area contributed by atoms with Gasteiger partial charge in [0.15, 0.2) is 5.58 Å². The minimum atomic E-state index is 0.634. The van der Waals surface area contributed by atoms with E-state index in [0.717, 1.165) is 22.6 Å². The Bertz CT molecular complexity index is 650. The molecule has 0 aliphatic carbocycles. The molecule has 3 aliphatic rings. The molecule has 1 atom stereocenters. The van der Waals surface area contributed by atoms with E-state index < -0.39 is 0 Å². The van der Waals surface area contributed by atoms with Gasteiger partial charge in [-0.1, -0.05) is 11.6 Å². The van der Waals surface area contributed by atoms with Crippen molar-refractivity contribution in [2.45, 2.75) is 32.2 Å². The van der Waals surface area contributed by atoms with Crippen molar-refractivity contribution in [1.82, 2.24) is 9.88 Å². The average molecular weight is 268 g/mol. The minimum absolute atomic E-state index is 0.634. The summed E-state index contributed by atoms with van der Waals surface area (Å²) in [5.74, 6) is 0.944. The summed E-state index contributed by atoms with van der Waals surface area (Å²) < 4.78 is 5.43. The lowest BCUT2D eigenvalue weighted by Crippen LogP contribution is -2.49. The van der Waals surface area contributed by atoms with Crippen molar-refractivity contribution >= 4 is 17.2 Å². The van der Waals surface area contributed by atoms with Gasteiger partial charge in [-0.15, -0.1) is 0 Å². The van der Waals surface area contributed by atoms with Crippen LogP contribution in [0.2, 0.25) is 0 Å². The molecule has 3 aliphatic heterocycles. The molecular formula is C17H20N2O. The fourth-order valence-electron chi connectivity index (χ4n) is 3.74. The van der Waals surface area contributed by atoms with Gasteiger partial charge < -0.3 is 4.42 Å². The van der Waals surface area contributed by atoms with Gasteiger partial charge in [-0.2, -0.15) is 0 Å². The van der Waals surface area contributed by atoms with Gasteiger partial charge in [0.1, 0.15) is 5.52 Å². The Kier molecular flexibility index (Phi) is 2.88. The molecule has 2 aromatic rings. The van der Waals surface area contributed by atoms with Gasteiger partial charge in [-0.3, -0.25) is 9.88 Å². The first-order valence-corrected chi connectivity index (χ1v) is 7.55. The number of piperidine rings is 3. The number of furan rings is 1. The van der Waals surface area contributed by atoms with Crippen molar-refractivity contribution in [2.75, 3.05) is 13.1 Å². The summed E-state index contributed by atoms with van der Waals surface area (Å²) >= 11 is 0. The number of fused-ring (bicyclic) bond motifs is 4. The summed E-state index contributed by atoms with van der Waals surface area (Å²) in [6.07, 6.45) is 10.0. The van der Waals surface area contributed by atoms with Gasteiger partial charge in [-0.05, 0) is 56.8 Å². The van der Waals surface area contributed by atoms with Crippen molar-refractivity contribution in [3.63, 3.8) is 0 Å². The van der Waals surface area contributed by atoms with E-state index in [1.165, 1.54) is 37.9 Å². The molecule has 0 N–H and O–H groups in total. The molecular weight excluding hydrogens is 248 g/mol. The molecule has 5 heterocycles. The van der Waals surface area contributed by atoms with Gasteiger partial charge in [-0.25, -0.2) is 0 Å². The van der Waals surface area contributed by atoms with E-state index in [4.69, 9.17) is 4.42 Å². The highest BCUT2D eigenvalue weighted by molar-refractivity contribution is 5.75. The fourth-order valence-corrected chi connectivity index (χ4v) is 3.74. The molecule has 2 bridgehead atoms. The zero-order chi connectivity index (χ0) is 13.5. The Balaban J connectivity index is 1.62. The molecule has 1 unspecified atom stereocenters. The number of rotatable bonds is 2. The number of aromatic nitrogens is 1. The summed E-state index contributed by atoms with van der Waals surface area (Å²) in [5, 5.41) is 0. The molecule has 0 aromatic carbocycles. The first-order chi connectivity index (χ1) is 9.79. The molecule has 20 heavy (non-hydrogen) atoms. The second kappa shape index (κ2) is 4.74. The Hall–Kier alpha value is -1.61. The van der Waals surface area contributed by atoms with Crippen LogP contribution >= 0.6 is 0 Å². The smallest absolute Gasteiger partial charge is 0.152 e. The Morgan fingerprint density at radius 2 is 2.25 bits per heavy atom. The number of hydrogen-bond acceptors (Lipinski definition) is 3. The zero-order valence-electron chi connectivity index (χ0n) is 11.9.